The molecule has 0 bridgehead atoms. The fourth-order valence-corrected chi connectivity index (χ4v) is 5.43. The summed E-state index contributed by atoms with van der Waals surface area (Å²) in [6.07, 6.45) is 3.97. The van der Waals surface area contributed by atoms with E-state index in [2.05, 4.69) is 18.3 Å². The molecular formula is C24H34N4O4. The van der Waals surface area contributed by atoms with E-state index < -0.39 is 6.09 Å². The van der Waals surface area contributed by atoms with Gasteiger partial charge in [0, 0.05) is 36.2 Å². The maximum atomic E-state index is 12.7. The highest BCUT2D eigenvalue weighted by Crippen LogP contribution is 2.39. The maximum absolute atomic E-state index is 12.7. The Morgan fingerprint density at radius 3 is 2.47 bits per heavy atom. The van der Waals surface area contributed by atoms with Crippen molar-refractivity contribution in [1.29, 1.82) is 0 Å². The van der Waals surface area contributed by atoms with E-state index in [1.165, 1.54) is 5.56 Å². The van der Waals surface area contributed by atoms with Gasteiger partial charge in [-0.1, -0.05) is 25.1 Å². The number of carbonyl (C=O) groups excluding carboxylic acids is 3. The fourth-order valence-electron chi connectivity index (χ4n) is 5.43. The first-order valence-electron chi connectivity index (χ1n) is 11.8. The molecule has 0 aromatic heterocycles. The lowest BCUT2D eigenvalue weighted by atomic mass is 9.83. The highest BCUT2D eigenvalue weighted by atomic mass is 16.6. The molecule has 1 saturated carbocycles. The van der Waals surface area contributed by atoms with E-state index in [9.17, 15) is 14.4 Å². The minimum absolute atomic E-state index is 0.0396. The average Bonchev–Trinajstić information content (AvgIpc) is 2.75. The first-order valence-corrected chi connectivity index (χ1v) is 11.8. The lowest BCUT2D eigenvalue weighted by Gasteiger charge is -2.43. The molecular weight excluding hydrogens is 408 g/mol. The zero-order valence-electron chi connectivity index (χ0n) is 19.0. The van der Waals surface area contributed by atoms with Crippen LogP contribution in [0.25, 0.3) is 0 Å². The van der Waals surface area contributed by atoms with Gasteiger partial charge in [0.15, 0.2) is 0 Å². The van der Waals surface area contributed by atoms with Crippen molar-refractivity contribution in [2.24, 2.45) is 11.7 Å². The van der Waals surface area contributed by atoms with Gasteiger partial charge in [0.2, 0.25) is 11.8 Å². The highest BCUT2D eigenvalue weighted by molar-refractivity contribution is 5.95. The lowest BCUT2D eigenvalue weighted by molar-refractivity contribution is -0.147. The molecule has 1 aromatic rings. The molecule has 1 aromatic carbocycles. The summed E-state index contributed by atoms with van der Waals surface area (Å²) in [5.41, 5.74) is 7.24. The van der Waals surface area contributed by atoms with Gasteiger partial charge in [-0.15, -0.1) is 0 Å². The Bertz CT molecular complexity index is 861. The molecule has 2 atom stereocenters. The van der Waals surface area contributed by atoms with Crippen molar-refractivity contribution in [1.82, 2.24) is 10.2 Å². The van der Waals surface area contributed by atoms with Crippen LogP contribution in [0.3, 0.4) is 0 Å². The van der Waals surface area contributed by atoms with Crippen LogP contribution >= 0.6 is 0 Å². The number of fused-ring (bicyclic) bond motifs is 1. The molecule has 3 aliphatic rings. The monoisotopic (exact) mass is 442 g/mol. The summed E-state index contributed by atoms with van der Waals surface area (Å²) in [5.74, 6) is 0.368. The van der Waals surface area contributed by atoms with Crippen LogP contribution in [0, 0.1) is 5.92 Å². The van der Waals surface area contributed by atoms with Crippen molar-refractivity contribution in [2.75, 3.05) is 18.0 Å². The second kappa shape index (κ2) is 9.48. The summed E-state index contributed by atoms with van der Waals surface area (Å²) in [5, 5.41) is 3.83. The second-order valence-corrected chi connectivity index (χ2v) is 9.33. The number of rotatable bonds is 5. The zero-order valence-corrected chi connectivity index (χ0v) is 19.0. The van der Waals surface area contributed by atoms with Crippen LogP contribution in [-0.2, 0) is 14.3 Å². The number of amides is 3. The van der Waals surface area contributed by atoms with E-state index in [1.54, 1.807) is 4.90 Å². The second-order valence-electron chi connectivity index (χ2n) is 9.33. The number of primary amides is 1. The van der Waals surface area contributed by atoms with E-state index >= 15 is 0 Å². The van der Waals surface area contributed by atoms with Crippen LogP contribution in [0.15, 0.2) is 24.3 Å². The number of nitrogens with one attached hydrogen (secondary N) is 1. The van der Waals surface area contributed by atoms with E-state index in [4.69, 9.17) is 10.5 Å². The van der Waals surface area contributed by atoms with Gasteiger partial charge < -0.3 is 25.6 Å². The number of nitrogens with two attached hydrogens (primary N) is 1. The lowest BCUT2D eigenvalue weighted by Crippen LogP contribution is -2.57. The van der Waals surface area contributed by atoms with Crippen LogP contribution in [0.5, 0.6) is 0 Å². The van der Waals surface area contributed by atoms with Crippen LogP contribution in [-0.4, -0.2) is 54.1 Å². The number of para-hydroxylation sites is 1. The summed E-state index contributed by atoms with van der Waals surface area (Å²) in [7, 11) is 0. The number of hydrogen-bond donors (Lipinski definition) is 2. The molecule has 2 aliphatic heterocycles. The number of anilines is 1. The summed E-state index contributed by atoms with van der Waals surface area (Å²) in [6.45, 7) is 4.93. The summed E-state index contributed by atoms with van der Waals surface area (Å²) >= 11 is 0. The smallest absolute Gasteiger partial charge is 0.404 e. The van der Waals surface area contributed by atoms with Crippen molar-refractivity contribution in [3.05, 3.63) is 29.8 Å². The Labute approximate surface area is 189 Å². The predicted octanol–water partition coefficient (Wildman–Crippen LogP) is 2.72. The summed E-state index contributed by atoms with van der Waals surface area (Å²) in [6, 6.07) is 8.92. The van der Waals surface area contributed by atoms with Crippen LogP contribution in [0.2, 0.25) is 0 Å². The highest BCUT2D eigenvalue weighted by Gasteiger charge is 2.39. The number of carbonyl (C=O) groups is 3. The normalized spacial score (nSPS) is 27.9. The fraction of sp³-hybridized carbons (Fsp3) is 0.625. The Kier molecular flexibility index (Phi) is 6.69. The van der Waals surface area contributed by atoms with Crippen LogP contribution in [0.1, 0.15) is 64.0 Å². The van der Waals surface area contributed by atoms with Gasteiger partial charge in [0.1, 0.15) is 6.10 Å². The molecule has 1 saturated heterocycles. The predicted molar refractivity (Wildman–Crippen MR) is 121 cm³/mol. The third-order valence-corrected chi connectivity index (χ3v) is 7.12. The molecule has 174 valence electrons. The van der Waals surface area contributed by atoms with Crippen molar-refractivity contribution in [3.8, 4) is 0 Å². The number of nitrogens with zero attached hydrogens (tertiary/aromatic N) is 2. The van der Waals surface area contributed by atoms with Crippen molar-refractivity contribution < 1.29 is 19.1 Å². The van der Waals surface area contributed by atoms with E-state index in [0.29, 0.717) is 25.6 Å². The molecule has 0 unspecified atom stereocenters. The van der Waals surface area contributed by atoms with Gasteiger partial charge in [-0.05, 0) is 50.7 Å². The van der Waals surface area contributed by atoms with Gasteiger partial charge in [0.05, 0.1) is 13.1 Å². The summed E-state index contributed by atoms with van der Waals surface area (Å²) < 4.78 is 4.93. The third-order valence-electron chi connectivity index (χ3n) is 7.12. The molecule has 0 radical (unpaired) electrons. The Balaban J connectivity index is 1.32. The SMILES string of the molecule is CCC(=O)N1c2ccccc2[C@H](NC2CCC(C(=O)N3CC(OC(N)=O)C3)CC2)C[C@@H]1C. The standard InChI is InChI=1S/C24H34N4O4/c1-3-22(29)28-15(2)12-20(19-6-4-5-7-21(19)28)26-17-10-8-16(9-11-17)23(30)27-13-18(14-27)32-24(25)31/h4-7,15-18,20,26H,3,8-14H2,1-2H3,(H2,25,31)/t15-,16?,17?,20+/m0/s1. The Hall–Kier alpha value is -2.61. The molecule has 2 heterocycles. The van der Waals surface area contributed by atoms with Crippen molar-refractivity contribution in [3.63, 3.8) is 0 Å². The van der Waals surface area contributed by atoms with Gasteiger partial charge in [-0.3, -0.25) is 9.59 Å². The van der Waals surface area contributed by atoms with Gasteiger partial charge in [-0.25, -0.2) is 4.79 Å². The molecule has 8 nitrogen and oxygen atoms in total. The maximum Gasteiger partial charge on any atom is 0.404 e. The van der Waals surface area contributed by atoms with Crippen molar-refractivity contribution in [2.45, 2.75) is 76.6 Å². The van der Waals surface area contributed by atoms with E-state index in [0.717, 1.165) is 37.8 Å². The van der Waals surface area contributed by atoms with Crippen LogP contribution in [0.4, 0.5) is 10.5 Å². The van der Waals surface area contributed by atoms with Gasteiger partial charge >= 0.3 is 6.09 Å². The van der Waals surface area contributed by atoms with E-state index in [-0.39, 0.29) is 35.9 Å². The molecule has 3 amide bonds. The molecule has 3 N–H and O–H groups in total. The molecule has 0 spiro atoms. The number of hydrogen-bond acceptors (Lipinski definition) is 5. The molecule has 32 heavy (non-hydrogen) atoms. The van der Waals surface area contributed by atoms with Gasteiger partial charge in [0.25, 0.3) is 0 Å². The molecule has 4 rings (SSSR count). The number of likely N-dealkylation sites (tertiary alicyclic amines) is 1. The number of ether oxygens (including phenoxy) is 1. The van der Waals surface area contributed by atoms with E-state index in [1.807, 2.05) is 30.0 Å². The first kappa shape index (κ1) is 22.6. The zero-order chi connectivity index (χ0) is 22.8. The first-order chi connectivity index (χ1) is 15.4. The topological polar surface area (TPSA) is 105 Å². The quantitative estimate of drug-likeness (QED) is 0.730. The molecule has 8 heteroatoms. The minimum atomic E-state index is -0.783. The number of benzene rings is 1. The summed E-state index contributed by atoms with van der Waals surface area (Å²) in [4.78, 5) is 39.8. The average molecular weight is 443 g/mol. The molecule has 2 fully saturated rings. The van der Waals surface area contributed by atoms with Crippen LogP contribution < -0.4 is 16.0 Å². The molecule has 1 aliphatic carbocycles. The third kappa shape index (κ3) is 4.60. The Morgan fingerprint density at radius 1 is 1.12 bits per heavy atom. The van der Waals surface area contributed by atoms with Gasteiger partial charge in [-0.2, -0.15) is 0 Å². The largest absolute Gasteiger partial charge is 0.443 e. The van der Waals surface area contributed by atoms with Crippen molar-refractivity contribution >= 4 is 23.6 Å². The minimum Gasteiger partial charge on any atom is -0.443 e. The Morgan fingerprint density at radius 2 is 1.81 bits per heavy atom.